The van der Waals surface area contributed by atoms with Crippen molar-refractivity contribution in [3.05, 3.63) is 70.1 Å². The standard InChI is InChI=1S/C26H30O6/c1-2-11-19-12-6-7-14-22(19)30-16-8-4-3-5-9-17-31-23-15-10-13-20-21(27)18-24(26(28)29)32-25(20)23/h6-7,10,12-15,18H,2-5,8-9,11,16-17H2,1H3,(H,28,29). The Morgan fingerprint density at radius 3 is 2.28 bits per heavy atom. The Morgan fingerprint density at radius 1 is 0.906 bits per heavy atom. The van der Waals surface area contributed by atoms with Crippen LogP contribution in [0.3, 0.4) is 0 Å². The van der Waals surface area contributed by atoms with Gasteiger partial charge in [-0.3, -0.25) is 4.79 Å². The molecular weight excluding hydrogens is 408 g/mol. The van der Waals surface area contributed by atoms with E-state index in [9.17, 15) is 9.59 Å². The first-order chi connectivity index (χ1) is 15.6. The molecule has 0 spiro atoms. The van der Waals surface area contributed by atoms with Gasteiger partial charge in [0.2, 0.25) is 5.76 Å². The highest BCUT2D eigenvalue weighted by atomic mass is 16.5. The Balaban J connectivity index is 1.38. The van der Waals surface area contributed by atoms with Crippen LogP contribution in [0.5, 0.6) is 11.5 Å². The van der Waals surface area contributed by atoms with Gasteiger partial charge in [0.05, 0.1) is 18.6 Å². The fraction of sp³-hybridized carbons (Fsp3) is 0.385. The topological polar surface area (TPSA) is 86.0 Å². The van der Waals surface area contributed by atoms with Gasteiger partial charge in [0.15, 0.2) is 16.8 Å². The molecule has 170 valence electrons. The molecule has 0 unspecified atom stereocenters. The third kappa shape index (κ3) is 6.36. The van der Waals surface area contributed by atoms with Crippen LogP contribution in [0.2, 0.25) is 0 Å². The van der Waals surface area contributed by atoms with E-state index in [0.717, 1.165) is 63.4 Å². The molecule has 32 heavy (non-hydrogen) atoms. The minimum atomic E-state index is -1.28. The number of ether oxygens (including phenoxy) is 2. The molecule has 3 rings (SSSR count). The van der Waals surface area contributed by atoms with E-state index in [1.165, 1.54) is 5.56 Å². The third-order valence-corrected chi connectivity index (χ3v) is 5.23. The number of benzene rings is 2. The molecular formula is C26H30O6. The zero-order chi connectivity index (χ0) is 22.8. The molecule has 0 fully saturated rings. The van der Waals surface area contributed by atoms with Crippen LogP contribution in [0, 0.1) is 0 Å². The molecule has 0 aliphatic rings. The second-order valence-corrected chi connectivity index (χ2v) is 7.74. The Morgan fingerprint density at radius 2 is 1.56 bits per heavy atom. The number of unbranched alkanes of at least 4 members (excludes halogenated alkanes) is 4. The summed E-state index contributed by atoms with van der Waals surface area (Å²) < 4.78 is 17.1. The first kappa shape index (κ1) is 23.4. The van der Waals surface area contributed by atoms with Crippen molar-refractivity contribution in [2.24, 2.45) is 0 Å². The predicted molar refractivity (Wildman–Crippen MR) is 124 cm³/mol. The van der Waals surface area contributed by atoms with Gasteiger partial charge in [-0.25, -0.2) is 4.79 Å². The van der Waals surface area contributed by atoms with Gasteiger partial charge < -0.3 is 19.0 Å². The summed E-state index contributed by atoms with van der Waals surface area (Å²) in [6, 6.07) is 14.2. The van der Waals surface area contributed by atoms with Gasteiger partial charge in [-0.15, -0.1) is 0 Å². The summed E-state index contributed by atoms with van der Waals surface area (Å²) in [7, 11) is 0. The van der Waals surface area contributed by atoms with Gasteiger partial charge in [-0.05, 0) is 43.0 Å². The number of rotatable bonds is 13. The number of aryl methyl sites for hydroxylation is 1. The fourth-order valence-corrected chi connectivity index (χ4v) is 3.59. The Labute approximate surface area is 187 Å². The molecule has 0 aliphatic carbocycles. The summed E-state index contributed by atoms with van der Waals surface area (Å²) in [6.07, 6.45) is 7.19. The lowest BCUT2D eigenvalue weighted by Crippen LogP contribution is -2.07. The van der Waals surface area contributed by atoms with Crippen molar-refractivity contribution in [3.8, 4) is 11.5 Å². The average molecular weight is 439 g/mol. The van der Waals surface area contributed by atoms with E-state index < -0.39 is 17.2 Å². The first-order valence-corrected chi connectivity index (χ1v) is 11.2. The zero-order valence-electron chi connectivity index (χ0n) is 18.5. The van der Waals surface area contributed by atoms with Crippen LogP contribution >= 0.6 is 0 Å². The van der Waals surface area contributed by atoms with Gasteiger partial charge in [0, 0.05) is 6.07 Å². The van der Waals surface area contributed by atoms with Crippen molar-refractivity contribution in [1.29, 1.82) is 0 Å². The predicted octanol–water partition coefficient (Wildman–Crippen LogP) is 5.85. The highest BCUT2D eigenvalue weighted by Gasteiger charge is 2.14. The molecule has 3 aromatic rings. The molecule has 1 aromatic heterocycles. The second-order valence-electron chi connectivity index (χ2n) is 7.74. The minimum Gasteiger partial charge on any atom is -0.493 e. The number of carbonyl (C=O) groups is 1. The van der Waals surface area contributed by atoms with Crippen LogP contribution in [0.1, 0.15) is 61.6 Å². The van der Waals surface area contributed by atoms with Gasteiger partial charge in [0.1, 0.15) is 5.75 Å². The van der Waals surface area contributed by atoms with Crippen LogP contribution in [0.25, 0.3) is 11.0 Å². The molecule has 0 aliphatic heterocycles. The molecule has 2 aromatic carbocycles. The van der Waals surface area contributed by atoms with Crippen LogP contribution < -0.4 is 14.9 Å². The number of aromatic carboxylic acids is 1. The normalized spacial score (nSPS) is 10.9. The molecule has 6 nitrogen and oxygen atoms in total. The van der Waals surface area contributed by atoms with Crippen molar-refractivity contribution < 1.29 is 23.8 Å². The largest absolute Gasteiger partial charge is 0.493 e. The summed E-state index contributed by atoms with van der Waals surface area (Å²) >= 11 is 0. The van der Waals surface area contributed by atoms with Gasteiger partial charge in [-0.2, -0.15) is 0 Å². The van der Waals surface area contributed by atoms with Crippen molar-refractivity contribution in [2.45, 2.75) is 51.9 Å². The Kier molecular flexibility index (Phi) is 8.72. The third-order valence-electron chi connectivity index (χ3n) is 5.23. The van der Waals surface area contributed by atoms with E-state index in [0.29, 0.717) is 17.7 Å². The van der Waals surface area contributed by atoms with Crippen LogP contribution in [-0.4, -0.2) is 24.3 Å². The highest BCUT2D eigenvalue weighted by Crippen LogP contribution is 2.25. The van der Waals surface area contributed by atoms with E-state index in [4.69, 9.17) is 19.0 Å². The average Bonchev–Trinajstić information content (AvgIpc) is 2.79. The highest BCUT2D eigenvalue weighted by molar-refractivity contribution is 5.89. The maximum Gasteiger partial charge on any atom is 0.371 e. The minimum absolute atomic E-state index is 0.179. The maximum atomic E-state index is 12.1. The summed E-state index contributed by atoms with van der Waals surface area (Å²) in [5.74, 6) is -0.285. The quantitative estimate of drug-likeness (QED) is 0.337. The molecule has 1 N–H and O–H groups in total. The van der Waals surface area contributed by atoms with Gasteiger partial charge in [0.25, 0.3) is 0 Å². The van der Waals surface area contributed by atoms with Crippen LogP contribution in [0.4, 0.5) is 0 Å². The smallest absolute Gasteiger partial charge is 0.371 e. The molecule has 0 amide bonds. The van der Waals surface area contributed by atoms with Crippen molar-refractivity contribution in [3.63, 3.8) is 0 Å². The Bertz CT molecular complexity index is 1090. The molecule has 0 atom stereocenters. The number of fused-ring (bicyclic) bond motifs is 1. The van der Waals surface area contributed by atoms with E-state index in [-0.39, 0.29) is 5.58 Å². The number of carboxylic acids is 1. The van der Waals surface area contributed by atoms with Crippen molar-refractivity contribution in [2.75, 3.05) is 13.2 Å². The van der Waals surface area contributed by atoms with Crippen LogP contribution in [0.15, 0.2) is 57.7 Å². The fourth-order valence-electron chi connectivity index (χ4n) is 3.59. The lowest BCUT2D eigenvalue weighted by atomic mass is 10.1. The van der Waals surface area contributed by atoms with E-state index in [1.54, 1.807) is 18.2 Å². The molecule has 0 bridgehead atoms. The van der Waals surface area contributed by atoms with Crippen molar-refractivity contribution in [1.82, 2.24) is 0 Å². The molecule has 0 saturated heterocycles. The monoisotopic (exact) mass is 438 g/mol. The number of para-hydroxylation sites is 2. The van der Waals surface area contributed by atoms with Gasteiger partial charge >= 0.3 is 5.97 Å². The Hall–Kier alpha value is -3.28. The van der Waals surface area contributed by atoms with Gasteiger partial charge in [-0.1, -0.05) is 56.9 Å². The van der Waals surface area contributed by atoms with Crippen molar-refractivity contribution >= 4 is 16.9 Å². The summed E-state index contributed by atoms with van der Waals surface area (Å²) in [6.45, 7) is 3.36. The van der Waals surface area contributed by atoms with Crippen LogP contribution in [-0.2, 0) is 6.42 Å². The lowest BCUT2D eigenvalue weighted by Gasteiger charge is -2.11. The molecule has 0 saturated carbocycles. The van der Waals surface area contributed by atoms with E-state index in [2.05, 4.69) is 19.1 Å². The van der Waals surface area contributed by atoms with E-state index in [1.807, 2.05) is 12.1 Å². The molecule has 6 heteroatoms. The second kappa shape index (κ2) is 11.9. The summed E-state index contributed by atoms with van der Waals surface area (Å²) in [5, 5.41) is 9.43. The first-order valence-electron chi connectivity index (χ1n) is 11.2. The summed E-state index contributed by atoms with van der Waals surface area (Å²) in [4.78, 5) is 23.3. The number of hydrogen-bond acceptors (Lipinski definition) is 5. The maximum absolute atomic E-state index is 12.1. The SMILES string of the molecule is CCCc1ccccc1OCCCCCCCOc1cccc2c(=O)cc(C(=O)O)oc12. The zero-order valence-corrected chi connectivity index (χ0v) is 18.5. The number of hydrogen-bond donors (Lipinski definition) is 1. The van der Waals surface area contributed by atoms with E-state index >= 15 is 0 Å². The lowest BCUT2D eigenvalue weighted by molar-refractivity contribution is 0.0662. The summed E-state index contributed by atoms with van der Waals surface area (Å²) in [5.41, 5.74) is 1.05. The molecule has 0 radical (unpaired) electrons. The molecule has 1 heterocycles. The number of carboxylic acid groups (broad SMARTS) is 1.